The van der Waals surface area contributed by atoms with Crippen LogP contribution in [0.5, 0.6) is 0 Å². The Labute approximate surface area is 118 Å². The van der Waals surface area contributed by atoms with Crippen LogP contribution < -0.4 is 11.1 Å². The molecule has 0 spiro atoms. The maximum atomic E-state index is 11.8. The lowest BCUT2D eigenvalue weighted by Gasteiger charge is -2.13. The first-order chi connectivity index (χ1) is 8.95. The van der Waals surface area contributed by atoms with Gasteiger partial charge in [0.15, 0.2) is 5.16 Å². The molecule has 1 heterocycles. The molecule has 1 rings (SSSR count). The molecule has 1 amide bonds. The highest BCUT2D eigenvalue weighted by atomic mass is 32.2. The molecule has 1 aromatic heterocycles. The van der Waals surface area contributed by atoms with Crippen LogP contribution in [0.3, 0.4) is 0 Å². The Kier molecular flexibility index (Phi) is 6.14. The minimum Gasteiger partial charge on any atom is -0.368 e. The van der Waals surface area contributed by atoms with E-state index in [1.807, 2.05) is 25.3 Å². The zero-order chi connectivity index (χ0) is 14.4. The van der Waals surface area contributed by atoms with Crippen molar-refractivity contribution in [2.75, 3.05) is 11.5 Å². The Morgan fingerprint density at radius 1 is 1.42 bits per heavy atom. The van der Waals surface area contributed by atoms with Gasteiger partial charge in [-0.05, 0) is 27.2 Å². The van der Waals surface area contributed by atoms with Crippen LogP contribution in [0.25, 0.3) is 0 Å². The number of rotatable bonds is 7. The number of aromatic nitrogens is 3. The molecule has 19 heavy (non-hydrogen) atoms. The van der Waals surface area contributed by atoms with Crippen LogP contribution in [0.15, 0.2) is 5.16 Å². The summed E-state index contributed by atoms with van der Waals surface area (Å²) in [5, 5.41) is 11.5. The predicted molar refractivity (Wildman–Crippen MR) is 78.1 cm³/mol. The van der Waals surface area contributed by atoms with E-state index in [1.54, 1.807) is 0 Å². The molecule has 0 bridgehead atoms. The normalized spacial score (nSPS) is 12.7. The van der Waals surface area contributed by atoms with E-state index in [2.05, 4.69) is 22.4 Å². The number of amides is 1. The number of hydrogen-bond donors (Lipinski definition) is 2. The van der Waals surface area contributed by atoms with E-state index in [1.165, 1.54) is 11.8 Å². The highest BCUT2D eigenvalue weighted by Gasteiger charge is 2.15. The Morgan fingerprint density at radius 2 is 2.11 bits per heavy atom. The fourth-order valence-electron chi connectivity index (χ4n) is 1.82. The van der Waals surface area contributed by atoms with Crippen molar-refractivity contribution in [3.8, 4) is 0 Å². The van der Waals surface area contributed by atoms with Crippen molar-refractivity contribution in [1.29, 1.82) is 0 Å². The smallest absolute Gasteiger partial charge is 0.230 e. The number of nitrogens with zero attached hydrogens (tertiary/aromatic N) is 3. The minimum absolute atomic E-state index is 0.0165. The second-order valence-corrected chi connectivity index (χ2v) is 5.79. The van der Waals surface area contributed by atoms with Crippen molar-refractivity contribution in [2.24, 2.45) is 0 Å². The van der Waals surface area contributed by atoms with Crippen LogP contribution in [0.4, 0.5) is 5.95 Å². The summed E-state index contributed by atoms with van der Waals surface area (Å²) in [5.74, 6) is 0.735. The van der Waals surface area contributed by atoms with E-state index < -0.39 is 0 Å². The number of thioether (sulfide) groups is 1. The second-order valence-electron chi connectivity index (χ2n) is 4.85. The molecule has 0 saturated heterocycles. The standard InChI is InChI=1S/C12H23N5OS/c1-5-6-9(4)14-10(18)7-19-12-16-15-11(13)17(12)8(2)3/h8-9H,5-7H2,1-4H3,(H2,13,15)(H,14,18). The summed E-state index contributed by atoms with van der Waals surface area (Å²) in [7, 11) is 0. The average Bonchev–Trinajstić information content (AvgIpc) is 2.68. The lowest BCUT2D eigenvalue weighted by molar-refractivity contribution is -0.119. The molecule has 108 valence electrons. The number of nitrogens with one attached hydrogen (secondary N) is 1. The van der Waals surface area contributed by atoms with Crippen LogP contribution in [0.2, 0.25) is 0 Å². The molecule has 0 aliphatic rings. The third kappa shape index (κ3) is 4.74. The average molecular weight is 285 g/mol. The van der Waals surface area contributed by atoms with E-state index >= 15 is 0 Å². The molecule has 0 aliphatic heterocycles. The summed E-state index contributed by atoms with van der Waals surface area (Å²) in [4.78, 5) is 11.8. The lowest BCUT2D eigenvalue weighted by Crippen LogP contribution is -2.33. The first kappa shape index (κ1) is 15.8. The van der Waals surface area contributed by atoms with Crippen molar-refractivity contribution in [3.05, 3.63) is 0 Å². The summed E-state index contributed by atoms with van der Waals surface area (Å²) in [6.07, 6.45) is 2.05. The summed E-state index contributed by atoms with van der Waals surface area (Å²) < 4.78 is 1.83. The van der Waals surface area contributed by atoms with Crippen LogP contribution in [-0.4, -0.2) is 32.5 Å². The summed E-state index contributed by atoms with van der Waals surface area (Å²) >= 11 is 1.36. The van der Waals surface area contributed by atoms with Gasteiger partial charge in [-0.15, -0.1) is 10.2 Å². The second kappa shape index (κ2) is 7.37. The Hall–Kier alpha value is -1.24. The highest BCUT2D eigenvalue weighted by Crippen LogP contribution is 2.22. The van der Waals surface area contributed by atoms with Crippen molar-refractivity contribution < 1.29 is 4.79 Å². The van der Waals surface area contributed by atoms with Gasteiger partial charge in [0, 0.05) is 12.1 Å². The summed E-state index contributed by atoms with van der Waals surface area (Å²) in [6.45, 7) is 8.13. The van der Waals surface area contributed by atoms with Gasteiger partial charge in [0.1, 0.15) is 0 Å². The molecule has 1 atom stereocenters. The van der Waals surface area contributed by atoms with Gasteiger partial charge >= 0.3 is 0 Å². The molecule has 0 fully saturated rings. The number of nitrogen functional groups attached to an aromatic ring is 1. The Bertz CT molecular complexity index is 418. The SMILES string of the molecule is CCCC(C)NC(=O)CSc1nnc(N)n1C(C)C. The van der Waals surface area contributed by atoms with Crippen molar-refractivity contribution >= 4 is 23.6 Å². The number of anilines is 1. The maximum Gasteiger partial charge on any atom is 0.230 e. The van der Waals surface area contributed by atoms with E-state index in [9.17, 15) is 4.79 Å². The van der Waals surface area contributed by atoms with Gasteiger partial charge in [0.2, 0.25) is 11.9 Å². The monoisotopic (exact) mass is 285 g/mol. The van der Waals surface area contributed by atoms with Crippen molar-refractivity contribution in [1.82, 2.24) is 20.1 Å². The van der Waals surface area contributed by atoms with Gasteiger partial charge < -0.3 is 11.1 Å². The predicted octanol–water partition coefficient (Wildman–Crippen LogP) is 1.84. The topological polar surface area (TPSA) is 85.8 Å². The van der Waals surface area contributed by atoms with Gasteiger partial charge in [-0.2, -0.15) is 0 Å². The molecular weight excluding hydrogens is 262 g/mol. The Morgan fingerprint density at radius 3 is 2.68 bits per heavy atom. The quantitative estimate of drug-likeness (QED) is 0.747. The van der Waals surface area contributed by atoms with E-state index in [0.717, 1.165) is 12.8 Å². The largest absolute Gasteiger partial charge is 0.368 e. The fraction of sp³-hybridized carbons (Fsp3) is 0.750. The first-order valence-corrected chi connectivity index (χ1v) is 7.56. The van der Waals surface area contributed by atoms with E-state index in [4.69, 9.17) is 5.73 Å². The first-order valence-electron chi connectivity index (χ1n) is 6.58. The summed E-state index contributed by atoms with van der Waals surface area (Å²) in [6, 6.07) is 0.394. The lowest BCUT2D eigenvalue weighted by atomic mass is 10.2. The van der Waals surface area contributed by atoms with E-state index in [0.29, 0.717) is 16.9 Å². The third-order valence-corrected chi connectivity index (χ3v) is 3.61. The molecule has 0 aliphatic carbocycles. The maximum absolute atomic E-state index is 11.8. The molecule has 1 unspecified atom stereocenters. The Balaban J connectivity index is 2.51. The molecule has 7 heteroatoms. The zero-order valence-corrected chi connectivity index (χ0v) is 12.8. The molecule has 0 aromatic carbocycles. The molecule has 0 radical (unpaired) electrons. The number of carbonyl (C=O) groups is 1. The highest BCUT2D eigenvalue weighted by molar-refractivity contribution is 7.99. The van der Waals surface area contributed by atoms with Gasteiger partial charge in [-0.25, -0.2) is 0 Å². The molecule has 6 nitrogen and oxygen atoms in total. The van der Waals surface area contributed by atoms with E-state index in [-0.39, 0.29) is 18.0 Å². The van der Waals surface area contributed by atoms with Crippen LogP contribution in [-0.2, 0) is 4.79 Å². The van der Waals surface area contributed by atoms with Gasteiger partial charge in [-0.1, -0.05) is 25.1 Å². The fourth-order valence-corrected chi connectivity index (χ4v) is 2.71. The van der Waals surface area contributed by atoms with Crippen LogP contribution in [0, 0.1) is 0 Å². The third-order valence-electron chi connectivity index (χ3n) is 2.67. The van der Waals surface area contributed by atoms with Crippen LogP contribution in [0.1, 0.15) is 46.6 Å². The van der Waals surface area contributed by atoms with Gasteiger partial charge in [0.05, 0.1) is 5.75 Å². The minimum atomic E-state index is 0.0165. The van der Waals surface area contributed by atoms with Crippen molar-refractivity contribution in [3.63, 3.8) is 0 Å². The number of hydrogen-bond acceptors (Lipinski definition) is 5. The molecule has 0 saturated carbocycles. The number of nitrogens with two attached hydrogens (primary N) is 1. The number of carbonyl (C=O) groups excluding carboxylic acids is 1. The molecular formula is C12H23N5OS. The zero-order valence-electron chi connectivity index (χ0n) is 12.0. The summed E-state index contributed by atoms with van der Waals surface area (Å²) in [5.41, 5.74) is 5.74. The van der Waals surface area contributed by atoms with Gasteiger partial charge in [0.25, 0.3) is 0 Å². The van der Waals surface area contributed by atoms with Gasteiger partial charge in [-0.3, -0.25) is 9.36 Å². The van der Waals surface area contributed by atoms with Crippen LogP contribution >= 0.6 is 11.8 Å². The molecule has 3 N–H and O–H groups in total. The van der Waals surface area contributed by atoms with Crippen molar-refractivity contribution in [2.45, 2.75) is 57.8 Å². The molecule has 1 aromatic rings.